The standard InChI is InChI=1S/C16H25FN2O2/c1-4-18-16(3,15(20)21)11-8-12-19(5-2)14-10-7-6-9-13(14)17/h6-7,9-10,18H,4-5,8,11-12H2,1-3H3,(H,20,21). The summed E-state index contributed by atoms with van der Waals surface area (Å²) in [7, 11) is 0. The molecule has 0 fully saturated rings. The van der Waals surface area contributed by atoms with Gasteiger partial charge in [-0.05, 0) is 45.4 Å². The minimum atomic E-state index is -0.927. The molecule has 1 unspecified atom stereocenters. The highest BCUT2D eigenvalue weighted by Crippen LogP contribution is 2.20. The summed E-state index contributed by atoms with van der Waals surface area (Å²) in [6, 6.07) is 6.66. The number of carboxylic acid groups (broad SMARTS) is 1. The molecule has 2 N–H and O–H groups in total. The Hall–Kier alpha value is -1.62. The maximum atomic E-state index is 13.8. The Labute approximate surface area is 126 Å². The Bertz CT molecular complexity index is 467. The van der Waals surface area contributed by atoms with Crippen molar-refractivity contribution in [3.63, 3.8) is 0 Å². The number of nitrogens with one attached hydrogen (secondary N) is 1. The molecule has 0 saturated heterocycles. The molecule has 0 aliphatic rings. The third-order valence-electron chi connectivity index (χ3n) is 3.72. The van der Waals surface area contributed by atoms with Crippen LogP contribution in [-0.4, -0.2) is 36.2 Å². The van der Waals surface area contributed by atoms with Gasteiger partial charge in [0.15, 0.2) is 0 Å². The molecule has 1 rings (SSSR count). The Balaban J connectivity index is 2.64. The second-order valence-corrected chi connectivity index (χ2v) is 5.30. The fraction of sp³-hybridized carbons (Fsp3) is 0.562. The first-order valence-corrected chi connectivity index (χ1v) is 7.42. The lowest BCUT2D eigenvalue weighted by atomic mass is 9.95. The van der Waals surface area contributed by atoms with Crippen LogP contribution in [0.15, 0.2) is 24.3 Å². The molecule has 4 nitrogen and oxygen atoms in total. The zero-order chi connectivity index (χ0) is 15.9. The lowest BCUT2D eigenvalue weighted by molar-refractivity contribution is -0.144. The van der Waals surface area contributed by atoms with E-state index in [0.717, 1.165) is 0 Å². The molecule has 0 heterocycles. The SMILES string of the molecule is CCNC(C)(CCCN(CC)c1ccccc1F)C(=O)O. The number of aliphatic carboxylic acids is 1. The van der Waals surface area contributed by atoms with Crippen LogP contribution in [0.5, 0.6) is 0 Å². The Kier molecular flexibility index (Phi) is 6.62. The van der Waals surface area contributed by atoms with E-state index >= 15 is 0 Å². The number of para-hydroxylation sites is 1. The molecule has 0 amide bonds. The van der Waals surface area contributed by atoms with E-state index in [9.17, 15) is 14.3 Å². The zero-order valence-corrected chi connectivity index (χ0v) is 13.0. The molecule has 118 valence electrons. The van der Waals surface area contributed by atoms with Crippen LogP contribution in [-0.2, 0) is 4.79 Å². The van der Waals surface area contributed by atoms with Crippen molar-refractivity contribution in [1.82, 2.24) is 5.32 Å². The Morgan fingerprint density at radius 1 is 1.38 bits per heavy atom. The van der Waals surface area contributed by atoms with Crippen molar-refractivity contribution >= 4 is 11.7 Å². The van der Waals surface area contributed by atoms with Crippen molar-refractivity contribution in [3.8, 4) is 0 Å². The summed E-state index contributed by atoms with van der Waals surface area (Å²) >= 11 is 0. The van der Waals surface area contributed by atoms with Crippen molar-refractivity contribution in [1.29, 1.82) is 0 Å². The Morgan fingerprint density at radius 3 is 2.57 bits per heavy atom. The summed E-state index contributed by atoms with van der Waals surface area (Å²) in [6.45, 7) is 7.47. The van der Waals surface area contributed by atoms with E-state index in [-0.39, 0.29) is 5.82 Å². The van der Waals surface area contributed by atoms with Crippen LogP contribution in [0.1, 0.15) is 33.6 Å². The first-order chi connectivity index (χ1) is 9.94. The number of hydrogen-bond acceptors (Lipinski definition) is 3. The van der Waals surface area contributed by atoms with Crippen LogP contribution < -0.4 is 10.2 Å². The number of likely N-dealkylation sites (N-methyl/N-ethyl adjacent to an activating group) is 1. The van der Waals surface area contributed by atoms with Gasteiger partial charge in [-0.15, -0.1) is 0 Å². The van der Waals surface area contributed by atoms with Crippen LogP contribution in [0, 0.1) is 5.82 Å². The van der Waals surface area contributed by atoms with Crippen LogP contribution in [0.3, 0.4) is 0 Å². The minimum Gasteiger partial charge on any atom is -0.480 e. The van der Waals surface area contributed by atoms with Crippen LogP contribution in [0.2, 0.25) is 0 Å². The number of halogens is 1. The van der Waals surface area contributed by atoms with E-state index in [0.29, 0.717) is 38.2 Å². The third-order valence-corrected chi connectivity index (χ3v) is 3.72. The number of hydrogen-bond donors (Lipinski definition) is 2. The minimum absolute atomic E-state index is 0.243. The van der Waals surface area contributed by atoms with E-state index in [1.807, 2.05) is 18.7 Å². The molecule has 21 heavy (non-hydrogen) atoms. The van der Waals surface area contributed by atoms with Gasteiger partial charge in [-0.1, -0.05) is 19.1 Å². The van der Waals surface area contributed by atoms with Gasteiger partial charge in [0.2, 0.25) is 0 Å². The second kappa shape index (κ2) is 7.98. The van der Waals surface area contributed by atoms with Crippen molar-refractivity contribution in [2.75, 3.05) is 24.5 Å². The highest BCUT2D eigenvalue weighted by molar-refractivity contribution is 5.78. The first kappa shape index (κ1) is 17.4. The maximum absolute atomic E-state index is 13.8. The van der Waals surface area contributed by atoms with E-state index in [2.05, 4.69) is 5.32 Å². The number of carbonyl (C=O) groups is 1. The number of benzene rings is 1. The lowest BCUT2D eigenvalue weighted by Crippen LogP contribution is -2.49. The fourth-order valence-corrected chi connectivity index (χ4v) is 2.44. The summed E-state index contributed by atoms with van der Waals surface area (Å²) in [5.74, 6) is -1.09. The van der Waals surface area contributed by atoms with Gasteiger partial charge in [0.05, 0.1) is 5.69 Å². The van der Waals surface area contributed by atoms with Gasteiger partial charge in [-0.3, -0.25) is 4.79 Å². The smallest absolute Gasteiger partial charge is 0.323 e. The average molecular weight is 296 g/mol. The molecule has 0 aliphatic heterocycles. The van der Waals surface area contributed by atoms with Crippen LogP contribution in [0.25, 0.3) is 0 Å². The molecular formula is C16H25FN2O2. The molecule has 0 radical (unpaired) electrons. The quantitative estimate of drug-likeness (QED) is 0.736. The Morgan fingerprint density at radius 2 is 2.05 bits per heavy atom. The molecular weight excluding hydrogens is 271 g/mol. The van der Waals surface area contributed by atoms with E-state index in [1.54, 1.807) is 25.1 Å². The maximum Gasteiger partial charge on any atom is 0.323 e. The fourth-order valence-electron chi connectivity index (χ4n) is 2.44. The second-order valence-electron chi connectivity index (χ2n) is 5.30. The topological polar surface area (TPSA) is 52.6 Å². The molecule has 0 saturated carbocycles. The summed E-state index contributed by atoms with van der Waals surface area (Å²) in [6.07, 6.45) is 1.18. The zero-order valence-electron chi connectivity index (χ0n) is 13.0. The van der Waals surface area contributed by atoms with Crippen molar-refractivity contribution < 1.29 is 14.3 Å². The normalized spacial score (nSPS) is 13.7. The predicted octanol–water partition coefficient (Wildman–Crippen LogP) is 2.89. The predicted molar refractivity (Wildman–Crippen MR) is 83.2 cm³/mol. The monoisotopic (exact) mass is 296 g/mol. The third kappa shape index (κ3) is 4.70. The van der Waals surface area contributed by atoms with Crippen molar-refractivity contribution in [3.05, 3.63) is 30.1 Å². The molecule has 0 aromatic heterocycles. The summed E-state index contributed by atoms with van der Waals surface area (Å²) < 4.78 is 13.8. The van der Waals surface area contributed by atoms with Gasteiger partial charge >= 0.3 is 5.97 Å². The summed E-state index contributed by atoms with van der Waals surface area (Å²) in [5.41, 5.74) is -0.357. The molecule has 1 aromatic carbocycles. The van der Waals surface area contributed by atoms with Gasteiger partial charge in [0, 0.05) is 13.1 Å². The number of rotatable bonds is 9. The van der Waals surface area contributed by atoms with E-state index in [4.69, 9.17) is 0 Å². The summed E-state index contributed by atoms with van der Waals surface area (Å²) in [5, 5.41) is 12.3. The van der Waals surface area contributed by atoms with Gasteiger partial charge in [-0.25, -0.2) is 4.39 Å². The summed E-state index contributed by atoms with van der Waals surface area (Å²) in [4.78, 5) is 13.3. The van der Waals surface area contributed by atoms with Gasteiger partial charge < -0.3 is 15.3 Å². The highest BCUT2D eigenvalue weighted by Gasteiger charge is 2.31. The van der Waals surface area contributed by atoms with E-state index in [1.165, 1.54) is 6.07 Å². The first-order valence-electron chi connectivity index (χ1n) is 7.42. The van der Waals surface area contributed by atoms with Gasteiger partial charge in [0.1, 0.15) is 11.4 Å². The van der Waals surface area contributed by atoms with Crippen molar-refractivity contribution in [2.45, 2.75) is 39.2 Å². The van der Waals surface area contributed by atoms with Gasteiger partial charge in [0.25, 0.3) is 0 Å². The van der Waals surface area contributed by atoms with Crippen LogP contribution >= 0.6 is 0 Å². The van der Waals surface area contributed by atoms with E-state index < -0.39 is 11.5 Å². The largest absolute Gasteiger partial charge is 0.480 e. The molecule has 1 aromatic rings. The van der Waals surface area contributed by atoms with Gasteiger partial charge in [-0.2, -0.15) is 0 Å². The number of anilines is 1. The number of carboxylic acids is 1. The molecule has 0 aliphatic carbocycles. The van der Waals surface area contributed by atoms with Crippen LogP contribution in [0.4, 0.5) is 10.1 Å². The highest BCUT2D eigenvalue weighted by atomic mass is 19.1. The number of nitrogens with zero attached hydrogens (tertiary/aromatic N) is 1. The molecule has 0 spiro atoms. The molecule has 0 bridgehead atoms. The molecule has 5 heteroatoms. The molecule has 1 atom stereocenters. The average Bonchev–Trinajstić information content (AvgIpc) is 2.45. The lowest BCUT2D eigenvalue weighted by Gasteiger charge is -2.28. The van der Waals surface area contributed by atoms with Crippen molar-refractivity contribution in [2.24, 2.45) is 0 Å².